The molecule has 5 heteroatoms. The number of carbonyl (C=O) groups excluding carboxylic acids is 1. The van der Waals surface area contributed by atoms with Crippen molar-refractivity contribution in [3.8, 4) is 0 Å². The van der Waals surface area contributed by atoms with Crippen molar-refractivity contribution in [2.45, 2.75) is 12.2 Å². The van der Waals surface area contributed by atoms with Gasteiger partial charge in [-0.3, -0.25) is 0 Å². The van der Waals surface area contributed by atoms with Gasteiger partial charge in [0.2, 0.25) is 0 Å². The van der Waals surface area contributed by atoms with Gasteiger partial charge in [0.1, 0.15) is 6.29 Å². The molecule has 0 saturated carbocycles. The second kappa shape index (κ2) is 3.79. The van der Waals surface area contributed by atoms with Crippen LogP contribution in [0.25, 0.3) is 0 Å². The average Bonchev–Trinajstić information content (AvgIpc) is 2.15. The summed E-state index contributed by atoms with van der Waals surface area (Å²) in [5.74, 6) is 0. The number of carbonyl (C=O) groups is 1. The Morgan fingerprint density at radius 2 is 2.00 bits per heavy atom. The highest BCUT2D eigenvalue weighted by Crippen LogP contribution is 2.30. The fourth-order valence-electron chi connectivity index (χ4n) is 1.00. The monoisotopic (exact) mass is 203 g/mol. The second-order valence-electron chi connectivity index (χ2n) is 2.79. The van der Waals surface area contributed by atoms with Crippen LogP contribution in [0.5, 0.6) is 0 Å². The molecule has 1 rings (SSSR count). The first kappa shape index (κ1) is 10.7. The summed E-state index contributed by atoms with van der Waals surface area (Å²) in [5.41, 5.74) is 4.63. The molecule has 2 N–H and O–H groups in total. The van der Waals surface area contributed by atoms with Crippen LogP contribution in [0.4, 0.5) is 13.2 Å². The molecule has 0 aliphatic carbocycles. The largest absolute Gasteiger partial charge is 0.416 e. The summed E-state index contributed by atoms with van der Waals surface area (Å²) in [6.07, 6.45) is -4.01. The topological polar surface area (TPSA) is 43.1 Å². The van der Waals surface area contributed by atoms with E-state index in [-0.39, 0.29) is 5.56 Å². The van der Waals surface area contributed by atoms with Gasteiger partial charge < -0.3 is 10.5 Å². The zero-order valence-electron chi connectivity index (χ0n) is 7.08. The summed E-state index contributed by atoms with van der Waals surface area (Å²) in [5, 5.41) is 0. The van der Waals surface area contributed by atoms with E-state index in [0.29, 0.717) is 6.29 Å². The lowest BCUT2D eigenvalue weighted by atomic mass is 10.1. The molecule has 76 valence electrons. The Labute approximate surface area is 78.5 Å². The molecule has 1 atom stereocenters. The van der Waals surface area contributed by atoms with E-state index in [1.54, 1.807) is 0 Å². The van der Waals surface area contributed by atoms with Crippen LogP contribution in [0.2, 0.25) is 0 Å². The van der Waals surface area contributed by atoms with Gasteiger partial charge in [0, 0.05) is 0 Å². The van der Waals surface area contributed by atoms with E-state index in [4.69, 9.17) is 5.73 Å². The molecule has 1 aromatic carbocycles. The molecule has 0 heterocycles. The van der Waals surface area contributed by atoms with E-state index in [9.17, 15) is 18.0 Å². The zero-order valence-corrected chi connectivity index (χ0v) is 7.08. The van der Waals surface area contributed by atoms with Gasteiger partial charge in [0.25, 0.3) is 0 Å². The van der Waals surface area contributed by atoms with Crippen LogP contribution in [-0.4, -0.2) is 6.29 Å². The third-order valence-electron chi connectivity index (χ3n) is 1.75. The van der Waals surface area contributed by atoms with E-state index in [2.05, 4.69) is 0 Å². The standard InChI is InChI=1S/C9H8F3NO/c10-9(11,12)7-3-1-2-6(4-7)8(13)5-14/h1-5,8H,13H2. The first-order chi connectivity index (χ1) is 6.45. The third kappa shape index (κ3) is 2.32. The molecule has 0 saturated heterocycles. The van der Waals surface area contributed by atoms with Crippen LogP contribution < -0.4 is 5.73 Å². The summed E-state index contributed by atoms with van der Waals surface area (Å²) >= 11 is 0. The summed E-state index contributed by atoms with van der Waals surface area (Å²) < 4.78 is 36.6. The smallest absolute Gasteiger partial charge is 0.318 e. The normalized spacial score (nSPS) is 13.7. The summed E-state index contributed by atoms with van der Waals surface area (Å²) in [4.78, 5) is 10.3. The molecule has 1 aromatic rings. The van der Waals surface area contributed by atoms with Crippen molar-refractivity contribution >= 4 is 6.29 Å². The zero-order chi connectivity index (χ0) is 10.8. The summed E-state index contributed by atoms with van der Waals surface area (Å²) in [6.45, 7) is 0. The minimum absolute atomic E-state index is 0.162. The second-order valence-corrected chi connectivity index (χ2v) is 2.79. The van der Waals surface area contributed by atoms with E-state index < -0.39 is 17.8 Å². The number of alkyl halides is 3. The van der Waals surface area contributed by atoms with Gasteiger partial charge in [0.05, 0.1) is 11.6 Å². The SMILES string of the molecule is NC(C=O)c1cccc(C(F)(F)F)c1. The molecular weight excluding hydrogens is 195 g/mol. The predicted molar refractivity (Wildman–Crippen MR) is 44.4 cm³/mol. The lowest BCUT2D eigenvalue weighted by molar-refractivity contribution is -0.137. The van der Waals surface area contributed by atoms with Crippen molar-refractivity contribution in [3.63, 3.8) is 0 Å². The van der Waals surface area contributed by atoms with Crippen LogP contribution in [0.1, 0.15) is 17.2 Å². The van der Waals surface area contributed by atoms with E-state index in [1.807, 2.05) is 0 Å². The highest BCUT2D eigenvalue weighted by atomic mass is 19.4. The van der Waals surface area contributed by atoms with Gasteiger partial charge in [-0.1, -0.05) is 12.1 Å². The molecular formula is C9H8F3NO. The van der Waals surface area contributed by atoms with Gasteiger partial charge in [0.15, 0.2) is 0 Å². The Morgan fingerprint density at radius 3 is 2.50 bits per heavy atom. The lowest BCUT2D eigenvalue weighted by Crippen LogP contribution is -2.13. The minimum atomic E-state index is -4.40. The first-order valence-electron chi connectivity index (χ1n) is 3.83. The number of benzene rings is 1. The fourth-order valence-corrected chi connectivity index (χ4v) is 1.00. The van der Waals surface area contributed by atoms with Crippen LogP contribution in [0.15, 0.2) is 24.3 Å². The fraction of sp³-hybridized carbons (Fsp3) is 0.222. The van der Waals surface area contributed by atoms with Crippen LogP contribution in [0.3, 0.4) is 0 Å². The van der Waals surface area contributed by atoms with Gasteiger partial charge in [-0.15, -0.1) is 0 Å². The summed E-state index contributed by atoms with van der Waals surface area (Å²) in [6, 6.07) is 3.41. The molecule has 2 nitrogen and oxygen atoms in total. The Morgan fingerprint density at radius 1 is 1.36 bits per heavy atom. The van der Waals surface area contributed by atoms with Crippen LogP contribution in [-0.2, 0) is 11.0 Å². The Hall–Kier alpha value is -1.36. The molecule has 0 aliphatic heterocycles. The number of rotatable bonds is 2. The molecule has 0 fully saturated rings. The van der Waals surface area contributed by atoms with Crippen molar-refractivity contribution < 1.29 is 18.0 Å². The highest BCUT2D eigenvalue weighted by molar-refractivity contribution is 5.61. The molecule has 0 bridgehead atoms. The van der Waals surface area contributed by atoms with Crippen molar-refractivity contribution in [2.24, 2.45) is 5.73 Å². The molecule has 0 radical (unpaired) electrons. The van der Waals surface area contributed by atoms with Crippen molar-refractivity contribution in [1.82, 2.24) is 0 Å². The molecule has 0 aliphatic rings. The molecule has 1 unspecified atom stereocenters. The van der Waals surface area contributed by atoms with Gasteiger partial charge in [-0.25, -0.2) is 0 Å². The van der Waals surface area contributed by atoms with Crippen molar-refractivity contribution in [1.29, 1.82) is 0 Å². The van der Waals surface area contributed by atoms with Gasteiger partial charge in [-0.05, 0) is 17.7 Å². The number of hydrogen-bond donors (Lipinski definition) is 1. The number of halogens is 3. The minimum Gasteiger partial charge on any atom is -0.318 e. The number of aldehydes is 1. The first-order valence-corrected chi connectivity index (χ1v) is 3.83. The lowest BCUT2D eigenvalue weighted by Gasteiger charge is -2.09. The van der Waals surface area contributed by atoms with E-state index in [1.165, 1.54) is 12.1 Å². The third-order valence-corrected chi connectivity index (χ3v) is 1.75. The highest BCUT2D eigenvalue weighted by Gasteiger charge is 2.30. The van der Waals surface area contributed by atoms with Crippen molar-refractivity contribution in [3.05, 3.63) is 35.4 Å². The van der Waals surface area contributed by atoms with Crippen LogP contribution >= 0.6 is 0 Å². The van der Waals surface area contributed by atoms with Crippen molar-refractivity contribution in [2.75, 3.05) is 0 Å². The van der Waals surface area contributed by atoms with Crippen LogP contribution in [0, 0.1) is 0 Å². The van der Waals surface area contributed by atoms with E-state index in [0.717, 1.165) is 12.1 Å². The van der Waals surface area contributed by atoms with E-state index >= 15 is 0 Å². The van der Waals surface area contributed by atoms with Gasteiger partial charge >= 0.3 is 6.18 Å². The molecule has 0 amide bonds. The number of hydrogen-bond acceptors (Lipinski definition) is 2. The Kier molecular flexibility index (Phi) is 2.90. The predicted octanol–water partition coefficient (Wildman–Crippen LogP) is 1.90. The Bertz CT molecular complexity index is 335. The summed E-state index contributed by atoms with van der Waals surface area (Å²) in [7, 11) is 0. The quantitative estimate of drug-likeness (QED) is 0.746. The Balaban J connectivity index is 3.07. The number of nitrogens with two attached hydrogens (primary N) is 1. The molecule has 0 spiro atoms. The maximum atomic E-state index is 12.2. The van der Waals surface area contributed by atoms with Gasteiger partial charge in [-0.2, -0.15) is 13.2 Å². The maximum Gasteiger partial charge on any atom is 0.416 e. The average molecular weight is 203 g/mol. The molecule has 14 heavy (non-hydrogen) atoms. The maximum absolute atomic E-state index is 12.2. The molecule has 0 aromatic heterocycles.